The molecule has 2 rings (SSSR count). The van der Waals surface area contributed by atoms with Crippen LogP contribution in [0.4, 0.5) is 5.69 Å². The highest BCUT2D eigenvalue weighted by atomic mass is 16.5. The van der Waals surface area contributed by atoms with Crippen molar-refractivity contribution in [2.75, 3.05) is 19.0 Å². The molecule has 0 aliphatic heterocycles. The van der Waals surface area contributed by atoms with Crippen LogP contribution >= 0.6 is 0 Å². The van der Waals surface area contributed by atoms with Crippen LogP contribution in [0.1, 0.15) is 32.6 Å². The van der Waals surface area contributed by atoms with Crippen LogP contribution in [0.15, 0.2) is 29.4 Å². The van der Waals surface area contributed by atoms with E-state index in [2.05, 4.69) is 22.8 Å². The number of carbonyl (C=O) groups excluding carboxylic acids is 1. The summed E-state index contributed by atoms with van der Waals surface area (Å²) in [5.74, 6) is 1.15. The first-order chi connectivity index (χ1) is 10.2. The molecular formula is C16H23N3O2. The molecule has 0 bridgehead atoms. The summed E-state index contributed by atoms with van der Waals surface area (Å²) in [5.41, 5.74) is 4.63. The Labute approximate surface area is 125 Å². The standard InChI is InChI=1S/C16H23N3O2/c1-12-5-3-4-6-15(12)18-19-16(20)11-17-13-7-9-14(21-2)10-8-13/h7-10,12,17H,3-6,11H2,1-2H3,(H,19,20)/b18-15-/t12-/m1/s1. The number of nitrogens with zero attached hydrogens (tertiary/aromatic N) is 1. The van der Waals surface area contributed by atoms with Crippen LogP contribution in [-0.2, 0) is 4.79 Å². The van der Waals surface area contributed by atoms with E-state index in [0.29, 0.717) is 5.92 Å². The number of nitrogens with one attached hydrogen (secondary N) is 2. The molecule has 0 saturated heterocycles. The van der Waals surface area contributed by atoms with Crippen molar-refractivity contribution in [1.29, 1.82) is 0 Å². The van der Waals surface area contributed by atoms with E-state index in [0.717, 1.165) is 23.6 Å². The minimum absolute atomic E-state index is 0.129. The number of hydrogen-bond donors (Lipinski definition) is 2. The van der Waals surface area contributed by atoms with Crippen molar-refractivity contribution in [2.45, 2.75) is 32.6 Å². The molecule has 1 fully saturated rings. The van der Waals surface area contributed by atoms with Crippen molar-refractivity contribution in [1.82, 2.24) is 5.43 Å². The Kier molecular flexibility index (Phi) is 5.60. The molecule has 5 heteroatoms. The highest BCUT2D eigenvalue weighted by molar-refractivity contribution is 5.89. The number of methoxy groups -OCH3 is 1. The van der Waals surface area contributed by atoms with Crippen LogP contribution in [0.25, 0.3) is 0 Å². The number of amides is 1. The normalized spacial score (nSPS) is 20.1. The minimum Gasteiger partial charge on any atom is -0.497 e. The summed E-state index contributed by atoms with van der Waals surface area (Å²) in [6.45, 7) is 2.37. The number of ether oxygens (including phenoxy) is 1. The minimum atomic E-state index is -0.129. The summed E-state index contributed by atoms with van der Waals surface area (Å²) >= 11 is 0. The van der Waals surface area contributed by atoms with Gasteiger partial charge < -0.3 is 10.1 Å². The Hall–Kier alpha value is -2.04. The molecule has 0 spiro atoms. The van der Waals surface area contributed by atoms with Crippen molar-refractivity contribution in [3.63, 3.8) is 0 Å². The number of hydrogen-bond acceptors (Lipinski definition) is 4. The van der Waals surface area contributed by atoms with E-state index in [1.54, 1.807) is 7.11 Å². The van der Waals surface area contributed by atoms with Gasteiger partial charge in [0.15, 0.2) is 0 Å². The van der Waals surface area contributed by atoms with Crippen molar-refractivity contribution in [2.24, 2.45) is 11.0 Å². The molecule has 0 unspecified atom stereocenters. The van der Waals surface area contributed by atoms with Gasteiger partial charge in [-0.15, -0.1) is 0 Å². The molecule has 114 valence electrons. The van der Waals surface area contributed by atoms with Gasteiger partial charge >= 0.3 is 0 Å². The molecular weight excluding hydrogens is 266 g/mol. The molecule has 2 N–H and O–H groups in total. The van der Waals surface area contributed by atoms with Crippen LogP contribution in [0, 0.1) is 5.92 Å². The lowest BCUT2D eigenvalue weighted by Crippen LogP contribution is -2.28. The summed E-state index contributed by atoms with van der Waals surface area (Å²) < 4.78 is 5.09. The van der Waals surface area contributed by atoms with Crippen LogP contribution in [0.2, 0.25) is 0 Å². The second kappa shape index (κ2) is 7.67. The molecule has 1 saturated carbocycles. The van der Waals surface area contributed by atoms with E-state index in [4.69, 9.17) is 4.74 Å². The maximum Gasteiger partial charge on any atom is 0.259 e. The first-order valence-corrected chi connectivity index (χ1v) is 7.42. The molecule has 1 aromatic rings. The Bertz CT molecular complexity index is 497. The Morgan fingerprint density at radius 3 is 2.76 bits per heavy atom. The van der Waals surface area contributed by atoms with Crippen molar-refractivity contribution in [3.05, 3.63) is 24.3 Å². The highest BCUT2D eigenvalue weighted by Gasteiger charge is 2.15. The number of anilines is 1. The van der Waals surface area contributed by atoms with E-state index < -0.39 is 0 Å². The summed E-state index contributed by atoms with van der Waals surface area (Å²) in [7, 11) is 1.63. The third kappa shape index (κ3) is 4.77. The fourth-order valence-electron chi connectivity index (χ4n) is 2.40. The molecule has 1 aliphatic carbocycles. The quantitative estimate of drug-likeness (QED) is 0.819. The summed E-state index contributed by atoms with van der Waals surface area (Å²) in [4.78, 5) is 11.8. The van der Waals surface area contributed by atoms with Gasteiger partial charge in [0, 0.05) is 11.4 Å². The first-order valence-electron chi connectivity index (χ1n) is 7.42. The first kappa shape index (κ1) is 15.4. The van der Waals surface area contributed by atoms with Gasteiger partial charge in [0.1, 0.15) is 5.75 Å². The smallest absolute Gasteiger partial charge is 0.259 e. The molecule has 0 radical (unpaired) electrons. The fourth-order valence-corrected chi connectivity index (χ4v) is 2.40. The zero-order chi connectivity index (χ0) is 15.1. The highest BCUT2D eigenvalue weighted by Crippen LogP contribution is 2.20. The van der Waals surface area contributed by atoms with E-state index in [1.165, 1.54) is 19.3 Å². The lowest BCUT2D eigenvalue weighted by molar-refractivity contribution is -0.119. The van der Waals surface area contributed by atoms with Gasteiger partial charge in [-0.2, -0.15) is 5.10 Å². The summed E-state index contributed by atoms with van der Waals surface area (Å²) in [6, 6.07) is 7.46. The topological polar surface area (TPSA) is 62.7 Å². The lowest BCUT2D eigenvalue weighted by atomic mass is 9.89. The SMILES string of the molecule is COc1ccc(NCC(=O)N/N=C2/CCCC[C@H]2C)cc1. The molecule has 0 aromatic heterocycles. The molecule has 1 atom stereocenters. The van der Waals surface area contributed by atoms with Crippen LogP contribution < -0.4 is 15.5 Å². The van der Waals surface area contributed by atoms with E-state index >= 15 is 0 Å². The fraction of sp³-hybridized carbons (Fsp3) is 0.500. The molecule has 1 amide bonds. The van der Waals surface area contributed by atoms with Crippen LogP contribution in [0.5, 0.6) is 5.75 Å². The van der Waals surface area contributed by atoms with Crippen molar-refractivity contribution in [3.8, 4) is 5.75 Å². The van der Waals surface area contributed by atoms with Gasteiger partial charge in [-0.3, -0.25) is 4.79 Å². The average Bonchev–Trinajstić information content (AvgIpc) is 2.52. The molecule has 1 aromatic carbocycles. The second-order valence-electron chi connectivity index (χ2n) is 5.37. The van der Waals surface area contributed by atoms with Crippen LogP contribution in [-0.4, -0.2) is 25.3 Å². The Morgan fingerprint density at radius 2 is 2.10 bits per heavy atom. The molecule has 0 heterocycles. The average molecular weight is 289 g/mol. The molecule has 21 heavy (non-hydrogen) atoms. The van der Waals surface area contributed by atoms with E-state index in [-0.39, 0.29) is 12.5 Å². The Morgan fingerprint density at radius 1 is 1.33 bits per heavy atom. The molecule has 1 aliphatic rings. The number of carbonyl (C=O) groups is 1. The zero-order valence-corrected chi connectivity index (χ0v) is 12.7. The summed E-state index contributed by atoms with van der Waals surface area (Å²) in [5, 5.41) is 7.32. The maximum absolute atomic E-state index is 11.8. The maximum atomic E-state index is 11.8. The van der Waals surface area contributed by atoms with Crippen molar-refractivity contribution < 1.29 is 9.53 Å². The van der Waals surface area contributed by atoms with Gasteiger partial charge in [0.2, 0.25) is 0 Å². The lowest BCUT2D eigenvalue weighted by Gasteiger charge is -2.19. The van der Waals surface area contributed by atoms with Crippen molar-refractivity contribution >= 4 is 17.3 Å². The van der Waals surface area contributed by atoms with Gasteiger partial charge in [0.25, 0.3) is 5.91 Å². The monoisotopic (exact) mass is 289 g/mol. The summed E-state index contributed by atoms with van der Waals surface area (Å²) in [6.07, 6.45) is 4.59. The van der Waals surface area contributed by atoms with E-state index in [9.17, 15) is 4.79 Å². The Balaban J connectivity index is 1.77. The van der Waals surface area contributed by atoms with Gasteiger partial charge in [-0.25, -0.2) is 5.43 Å². The number of benzene rings is 1. The van der Waals surface area contributed by atoms with Crippen LogP contribution in [0.3, 0.4) is 0 Å². The predicted molar refractivity (Wildman–Crippen MR) is 84.7 cm³/mol. The largest absolute Gasteiger partial charge is 0.497 e. The third-order valence-electron chi connectivity index (χ3n) is 3.76. The van der Waals surface area contributed by atoms with Gasteiger partial charge in [-0.1, -0.05) is 13.3 Å². The number of hydrazone groups is 1. The van der Waals surface area contributed by atoms with Gasteiger partial charge in [0.05, 0.1) is 13.7 Å². The second-order valence-corrected chi connectivity index (χ2v) is 5.37. The number of rotatable bonds is 5. The molecule has 5 nitrogen and oxygen atoms in total. The predicted octanol–water partition coefficient (Wildman–Crippen LogP) is 2.79. The zero-order valence-electron chi connectivity index (χ0n) is 12.7. The van der Waals surface area contributed by atoms with E-state index in [1.807, 2.05) is 24.3 Å². The third-order valence-corrected chi connectivity index (χ3v) is 3.76. The van der Waals surface area contributed by atoms with Gasteiger partial charge in [-0.05, 0) is 49.4 Å².